The Bertz CT molecular complexity index is 1820. The van der Waals surface area contributed by atoms with Gasteiger partial charge in [0, 0.05) is 0 Å². The number of hydrogen-bond donors (Lipinski definition) is 0. The summed E-state index contributed by atoms with van der Waals surface area (Å²) in [5.74, 6) is -8.63. The third-order valence-electron chi connectivity index (χ3n) is 7.56. The molecule has 0 unspecified atom stereocenters. The molecule has 0 fully saturated rings. The van der Waals surface area contributed by atoms with E-state index < -0.39 is 52.8 Å². The van der Waals surface area contributed by atoms with Crippen LogP contribution in [0.15, 0.2) is 97.1 Å². The smallest absolute Gasteiger partial charge is 0.429 e. The van der Waals surface area contributed by atoms with E-state index in [0.717, 1.165) is 73.2 Å². The highest BCUT2D eigenvalue weighted by Crippen LogP contribution is 2.38. The third kappa shape index (κ3) is 8.13. The number of benzene rings is 5. The van der Waals surface area contributed by atoms with Crippen molar-refractivity contribution >= 4 is 0 Å². The molecule has 0 saturated carbocycles. The summed E-state index contributed by atoms with van der Waals surface area (Å²) < 4.78 is 134. The van der Waals surface area contributed by atoms with Gasteiger partial charge in [-0.2, -0.15) is 8.78 Å². The molecule has 0 aromatic heterocycles. The second kappa shape index (κ2) is 14.0. The number of alkyl halides is 5. The van der Waals surface area contributed by atoms with Crippen LogP contribution in [0.2, 0.25) is 0 Å². The zero-order chi connectivity index (χ0) is 34.6. The first-order chi connectivity index (χ1) is 22.7. The van der Waals surface area contributed by atoms with Gasteiger partial charge < -0.3 is 9.47 Å². The molecule has 11 heteroatoms. The van der Waals surface area contributed by atoms with Crippen LogP contribution in [-0.4, -0.2) is 6.36 Å². The first-order valence-electron chi connectivity index (χ1n) is 14.9. The van der Waals surface area contributed by atoms with Gasteiger partial charge in [0.15, 0.2) is 11.6 Å². The van der Waals surface area contributed by atoms with Crippen molar-refractivity contribution < 1.29 is 49.0 Å². The predicted octanol–water partition coefficient (Wildman–Crippen LogP) is 12.0. The minimum absolute atomic E-state index is 0.00850. The molecule has 0 radical (unpaired) electrons. The quantitative estimate of drug-likeness (QED) is 0.103. The summed E-state index contributed by atoms with van der Waals surface area (Å²) in [6.45, 7) is 2.15. The first-order valence-corrected chi connectivity index (χ1v) is 14.9. The van der Waals surface area contributed by atoms with Crippen molar-refractivity contribution in [2.45, 2.75) is 45.1 Å². The van der Waals surface area contributed by atoms with Crippen molar-refractivity contribution in [1.82, 2.24) is 0 Å². The van der Waals surface area contributed by atoms with Gasteiger partial charge in [0.05, 0.1) is 0 Å². The summed E-state index contributed by atoms with van der Waals surface area (Å²) in [6.07, 6.45) is -5.41. The second-order valence-electron chi connectivity index (χ2n) is 11.0. The zero-order valence-electron chi connectivity index (χ0n) is 25.3. The fourth-order valence-electron chi connectivity index (χ4n) is 5.17. The minimum Gasteiger partial charge on any atom is -0.429 e. The minimum atomic E-state index is -5.33. The van der Waals surface area contributed by atoms with E-state index in [1.807, 2.05) is 12.1 Å². The van der Waals surface area contributed by atoms with Gasteiger partial charge in [0.1, 0.15) is 22.9 Å². The SMILES string of the molecule is CCCCCc1ccc(-c2ccc(-c3cc(F)c(C(F)(F)Oc4ccc(-c5cc(F)c(OC(F)(F)F)c(F)c5)cc4)c(F)c3)cc2)cc1. The fraction of sp³-hybridized carbons (Fsp3) is 0.189. The van der Waals surface area contributed by atoms with E-state index in [1.165, 1.54) is 5.56 Å². The average Bonchev–Trinajstić information content (AvgIpc) is 3.02. The molecule has 0 amide bonds. The number of unbranched alkanes of at least 4 members (excludes halogenated alkanes) is 2. The van der Waals surface area contributed by atoms with Crippen LogP contribution in [-0.2, 0) is 12.5 Å². The number of hydrogen-bond acceptors (Lipinski definition) is 2. The maximum atomic E-state index is 15.1. The molecule has 5 aromatic carbocycles. The Morgan fingerprint density at radius 3 is 1.38 bits per heavy atom. The van der Waals surface area contributed by atoms with Crippen molar-refractivity contribution in [2.24, 2.45) is 0 Å². The Hall–Kier alpha value is -4.93. The van der Waals surface area contributed by atoms with Crippen LogP contribution in [0.5, 0.6) is 11.5 Å². The standard InChI is InChI=1S/C37H27F9O2/c1-2-3-4-5-22-6-8-23(9-7-22)24-10-12-25(13-11-24)27-18-30(38)34(31(39)19-27)36(42,43)47-29-16-14-26(15-17-29)28-20-32(40)35(33(41)21-28)48-37(44,45)46/h6-21H,2-5H2,1H3. The molecule has 0 N–H and O–H groups in total. The molecule has 48 heavy (non-hydrogen) atoms. The number of rotatable bonds is 11. The topological polar surface area (TPSA) is 18.5 Å². The van der Waals surface area contributed by atoms with Crippen molar-refractivity contribution in [3.63, 3.8) is 0 Å². The number of halogens is 9. The van der Waals surface area contributed by atoms with Crippen LogP contribution in [0.4, 0.5) is 39.5 Å². The molecule has 0 spiro atoms. The maximum Gasteiger partial charge on any atom is 0.573 e. The van der Waals surface area contributed by atoms with Crippen LogP contribution >= 0.6 is 0 Å². The summed E-state index contributed by atoms with van der Waals surface area (Å²) >= 11 is 0. The Morgan fingerprint density at radius 2 is 0.917 bits per heavy atom. The molecule has 5 rings (SSSR count). The van der Waals surface area contributed by atoms with Crippen LogP contribution in [0.1, 0.15) is 37.3 Å². The van der Waals surface area contributed by atoms with Crippen molar-refractivity contribution in [2.75, 3.05) is 0 Å². The molecular weight excluding hydrogens is 647 g/mol. The molecule has 0 aliphatic rings. The van der Waals surface area contributed by atoms with Gasteiger partial charge in [-0.15, -0.1) is 13.2 Å². The van der Waals surface area contributed by atoms with Gasteiger partial charge in [-0.3, -0.25) is 0 Å². The third-order valence-corrected chi connectivity index (χ3v) is 7.56. The van der Waals surface area contributed by atoms with Crippen LogP contribution < -0.4 is 9.47 Å². The number of ether oxygens (including phenoxy) is 2. The number of aryl methyl sites for hydroxylation is 1. The summed E-state index contributed by atoms with van der Waals surface area (Å²) in [5, 5.41) is 0. The summed E-state index contributed by atoms with van der Waals surface area (Å²) in [7, 11) is 0. The summed E-state index contributed by atoms with van der Waals surface area (Å²) in [6, 6.07) is 21.6. The van der Waals surface area contributed by atoms with Gasteiger partial charge in [-0.1, -0.05) is 80.4 Å². The highest BCUT2D eigenvalue weighted by atomic mass is 19.4. The normalized spacial score (nSPS) is 11.9. The summed E-state index contributed by atoms with van der Waals surface area (Å²) in [4.78, 5) is 0. The molecule has 0 heterocycles. The highest BCUT2D eigenvalue weighted by molar-refractivity contribution is 5.71. The molecule has 250 valence electrons. The Balaban J connectivity index is 1.29. The van der Waals surface area contributed by atoms with Crippen molar-refractivity contribution in [3.05, 3.63) is 131 Å². The van der Waals surface area contributed by atoms with E-state index in [-0.39, 0.29) is 16.7 Å². The predicted molar refractivity (Wildman–Crippen MR) is 163 cm³/mol. The molecule has 0 saturated heterocycles. The monoisotopic (exact) mass is 674 g/mol. The van der Waals surface area contributed by atoms with E-state index in [1.54, 1.807) is 24.3 Å². The van der Waals surface area contributed by atoms with E-state index in [9.17, 15) is 22.0 Å². The lowest BCUT2D eigenvalue weighted by atomic mass is 9.97. The molecule has 0 aliphatic carbocycles. The molecule has 0 aliphatic heterocycles. The fourth-order valence-corrected chi connectivity index (χ4v) is 5.17. The van der Waals surface area contributed by atoms with Gasteiger partial charge in [0.2, 0.25) is 5.75 Å². The van der Waals surface area contributed by atoms with Gasteiger partial charge in [-0.25, -0.2) is 17.6 Å². The molecule has 0 bridgehead atoms. The van der Waals surface area contributed by atoms with E-state index >= 15 is 17.6 Å². The summed E-state index contributed by atoms with van der Waals surface area (Å²) in [5.41, 5.74) is 1.60. The lowest BCUT2D eigenvalue weighted by Crippen LogP contribution is -2.25. The van der Waals surface area contributed by atoms with E-state index in [0.29, 0.717) is 17.7 Å². The van der Waals surface area contributed by atoms with Gasteiger partial charge >= 0.3 is 12.5 Å². The molecule has 2 nitrogen and oxygen atoms in total. The molecule has 0 atom stereocenters. The Morgan fingerprint density at radius 1 is 0.500 bits per heavy atom. The second-order valence-corrected chi connectivity index (χ2v) is 11.0. The zero-order valence-corrected chi connectivity index (χ0v) is 25.3. The molecule has 5 aromatic rings. The van der Waals surface area contributed by atoms with Crippen molar-refractivity contribution in [1.29, 1.82) is 0 Å². The van der Waals surface area contributed by atoms with Crippen LogP contribution in [0.3, 0.4) is 0 Å². The lowest BCUT2D eigenvalue weighted by molar-refractivity contribution is -0.276. The first kappa shape index (κ1) is 34.4. The van der Waals surface area contributed by atoms with Crippen molar-refractivity contribution in [3.8, 4) is 44.9 Å². The van der Waals surface area contributed by atoms with Gasteiger partial charge in [0.25, 0.3) is 0 Å². The Labute approximate surface area is 270 Å². The van der Waals surface area contributed by atoms with Crippen LogP contribution in [0.25, 0.3) is 33.4 Å². The largest absolute Gasteiger partial charge is 0.573 e. The molecular formula is C37H27F9O2. The van der Waals surface area contributed by atoms with E-state index in [2.05, 4.69) is 28.5 Å². The van der Waals surface area contributed by atoms with Crippen LogP contribution in [0, 0.1) is 23.3 Å². The van der Waals surface area contributed by atoms with Gasteiger partial charge in [-0.05, 0) is 88.2 Å². The lowest BCUT2D eigenvalue weighted by Gasteiger charge is -2.20. The average molecular weight is 675 g/mol. The maximum absolute atomic E-state index is 15.1. The Kier molecular flexibility index (Phi) is 10.1. The van der Waals surface area contributed by atoms with E-state index in [4.69, 9.17) is 0 Å². The highest BCUT2D eigenvalue weighted by Gasteiger charge is 2.41.